The van der Waals surface area contributed by atoms with Gasteiger partial charge in [-0.05, 0) is 41.5 Å². The molecule has 0 saturated carbocycles. The number of benzene rings is 1. The van der Waals surface area contributed by atoms with Crippen LogP contribution in [0.1, 0.15) is 11.1 Å². The molecule has 24 heavy (non-hydrogen) atoms. The molecular formula is C19H16FN3O. The second kappa shape index (κ2) is 7.46. The minimum absolute atomic E-state index is 0.115. The number of hydrogen-bond donors (Lipinski definition) is 1. The van der Waals surface area contributed by atoms with Crippen LogP contribution >= 0.6 is 0 Å². The first-order valence-electron chi connectivity index (χ1n) is 7.58. The molecule has 3 rings (SSSR count). The lowest BCUT2D eigenvalue weighted by Crippen LogP contribution is -2.24. The van der Waals surface area contributed by atoms with Gasteiger partial charge < -0.3 is 5.32 Å². The average Bonchev–Trinajstić information content (AvgIpc) is 2.63. The molecule has 4 nitrogen and oxygen atoms in total. The van der Waals surface area contributed by atoms with Crippen LogP contribution in [0.15, 0.2) is 67.0 Å². The average molecular weight is 321 g/mol. The molecule has 2 aromatic heterocycles. The van der Waals surface area contributed by atoms with Crippen LogP contribution in [0.4, 0.5) is 4.39 Å². The summed E-state index contributed by atoms with van der Waals surface area (Å²) < 4.78 is 12.8. The zero-order valence-corrected chi connectivity index (χ0v) is 12.9. The van der Waals surface area contributed by atoms with E-state index in [4.69, 9.17) is 0 Å². The van der Waals surface area contributed by atoms with E-state index in [-0.39, 0.29) is 18.1 Å². The fourth-order valence-corrected chi connectivity index (χ4v) is 2.25. The summed E-state index contributed by atoms with van der Waals surface area (Å²) in [5.41, 5.74) is 3.28. The van der Waals surface area contributed by atoms with Crippen molar-refractivity contribution in [3.8, 4) is 11.4 Å². The zero-order valence-electron chi connectivity index (χ0n) is 12.9. The van der Waals surface area contributed by atoms with E-state index in [1.54, 1.807) is 24.5 Å². The molecule has 0 unspecified atom stereocenters. The lowest BCUT2D eigenvalue weighted by Gasteiger charge is -2.06. The monoisotopic (exact) mass is 321 g/mol. The van der Waals surface area contributed by atoms with Crippen LogP contribution in [0.3, 0.4) is 0 Å². The first kappa shape index (κ1) is 15.8. The normalized spacial score (nSPS) is 10.4. The number of amides is 1. The predicted octanol–water partition coefficient (Wildman–Crippen LogP) is 3.14. The van der Waals surface area contributed by atoms with Crippen molar-refractivity contribution in [3.63, 3.8) is 0 Å². The van der Waals surface area contributed by atoms with Gasteiger partial charge in [-0.15, -0.1) is 0 Å². The lowest BCUT2D eigenvalue weighted by molar-refractivity contribution is -0.120. The number of carbonyl (C=O) groups excluding carboxylic acids is 1. The van der Waals surface area contributed by atoms with E-state index in [2.05, 4.69) is 15.3 Å². The highest BCUT2D eigenvalue weighted by atomic mass is 19.1. The van der Waals surface area contributed by atoms with E-state index in [1.807, 2.05) is 30.3 Å². The van der Waals surface area contributed by atoms with Gasteiger partial charge in [0.1, 0.15) is 5.82 Å². The Hall–Kier alpha value is -3.08. The summed E-state index contributed by atoms with van der Waals surface area (Å²) in [4.78, 5) is 20.5. The van der Waals surface area contributed by atoms with Gasteiger partial charge in [-0.2, -0.15) is 0 Å². The standard InChI is InChI=1S/C19H16FN3O/c20-16-7-4-14(5-8-16)11-19(24)23-13-15-6-9-18(22-12-15)17-3-1-2-10-21-17/h1-10,12H,11,13H2,(H,23,24). The molecule has 1 N–H and O–H groups in total. The zero-order chi connectivity index (χ0) is 16.8. The van der Waals surface area contributed by atoms with Gasteiger partial charge in [-0.3, -0.25) is 14.8 Å². The maximum Gasteiger partial charge on any atom is 0.224 e. The molecule has 0 fully saturated rings. The minimum Gasteiger partial charge on any atom is -0.352 e. The number of hydrogen-bond acceptors (Lipinski definition) is 3. The Morgan fingerprint density at radius 1 is 0.917 bits per heavy atom. The summed E-state index contributed by atoms with van der Waals surface area (Å²) in [5, 5.41) is 2.83. The molecule has 0 bridgehead atoms. The van der Waals surface area contributed by atoms with Gasteiger partial charge >= 0.3 is 0 Å². The summed E-state index contributed by atoms with van der Waals surface area (Å²) in [6, 6.07) is 15.4. The van der Waals surface area contributed by atoms with Gasteiger partial charge in [0, 0.05) is 18.9 Å². The quantitative estimate of drug-likeness (QED) is 0.785. The van der Waals surface area contributed by atoms with E-state index in [9.17, 15) is 9.18 Å². The third-order valence-electron chi connectivity index (χ3n) is 3.52. The molecule has 0 radical (unpaired) electrons. The maximum atomic E-state index is 12.8. The van der Waals surface area contributed by atoms with Crippen LogP contribution in [0.5, 0.6) is 0 Å². The van der Waals surface area contributed by atoms with Crippen molar-refractivity contribution >= 4 is 5.91 Å². The Bertz CT molecular complexity index is 802. The molecular weight excluding hydrogens is 305 g/mol. The molecule has 0 aliphatic rings. The van der Waals surface area contributed by atoms with E-state index in [0.29, 0.717) is 6.54 Å². The molecule has 2 heterocycles. The highest BCUT2D eigenvalue weighted by Crippen LogP contribution is 2.13. The van der Waals surface area contributed by atoms with Gasteiger partial charge in [0.15, 0.2) is 0 Å². The van der Waals surface area contributed by atoms with Gasteiger partial charge in [-0.25, -0.2) is 4.39 Å². The van der Waals surface area contributed by atoms with Gasteiger partial charge in [0.25, 0.3) is 0 Å². The van der Waals surface area contributed by atoms with Crippen LogP contribution in [-0.2, 0) is 17.8 Å². The van der Waals surface area contributed by atoms with Crippen LogP contribution in [0.2, 0.25) is 0 Å². The Morgan fingerprint density at radius 2 is 1.67 bits per heavy atom. The first-order valence-corrected chi connectivity index (χ1v) is 7.58. The number of nitrogens with one attached hydrogen (secondary N) is 1. The molecule has 3 aromatic rings. The van der Waals surface area contributed by atoms with Crippen molar-refractivity contribution in [1.82, 2.24) is 15.3 Å². The molecule has 0 spiro atoms. The molecule has 0 atom stereocenters. The molecule has 5 heteroatoms. The molecule has 0 aliphatic carbocycles. The highest BCUT2D eigenvalue weighted by Gasteiger charge is 2.05. The molecule has 120 valence electrons. The topological polar surface area (TPSA) is 54.9 Å². The van der Waals surface area contributed by atoms with Crippen molar-refractivity contribution in [2.24, 2.45) is 0 Å². The smallest absolute Gasteiger partial charge is 0.224 e. The van der Waals surface area contributed by atoms with E-state index in [0.717, 1.165) is 22.5 Å². The van der Waals surface area contributed by atoms with E-state index >= 15 is 0 Å². The van der Waals surface area contributed by atoms with Crippen LogP contribution in [0, 0.1) is 5.82 Å². The van der Waals surface area contributed by atoms with Crippen molar-refractivity contribution in [3.05, 3.63) is 83.9 Å². The number of nitrogens with zero attached hydrogens (tertiary/aromatic N) is 2. The third kappa shape index (κ3) is 4.23. The Kier molecular flexibility index (Phi) is 4.91. The number of pyridine rings is 2. The van der Waals surface area contributed by atoms with Gasteiger partial charge in [0.05, 0.1) is 17.8 Å². The predicted molar refractivity (Wildman–Crippen MR) is 89.4 cm³/mol. The Balaban J connectivity index is 1.54. The first-order chi connectivity index (χ1) is 11.7. The summed E-state index contributed by atoms with van der Waals surface area (Å²) >= 11 is 0. The van der Waals surface area contributed by atoms with Crippen molar-refractivity contribution in [2.45, 2.75) is 13.0 Å². The van der Waals surface area contributed by atoms with Crippen molar-refractivity contribution in [1.29, 1.82) is 0 Å². The molecule has 0 saturated heterocycles. The fraction of sp³-hybridized carbons (Fsp3) is 0.105. The minimum atomic E-state index is -0.307. The summed E-state index contributed by atoms with van der Waals surface area (Å²) in [7, 11) is 0. The summed E-state index contributed by atoms with van der Waals surface area (Å²) in [6.07, 6.45) is 3.67. The number of aromatic nitrogens is 2. The Morgan fingerprint density at radius 3 is 2.33 bits per heavy atom. The van der Waals surface area contributed by atoms with Crippen LogP contribution < -0.4 is 5.32 Å². The fourth-order valence-electron chi connectivity index (χ4n) is 2.25. The van der Waals surface area contributed by atoms with Gasteiger partial charge in [0.2, 0.25) is 5.91 Å². The maximum absolute atomic E-state index is 12.8. The third-order valence-corrected chi connectivity index (χ3v) is 3.52. The Labute approximate surface area is 139 Å². The van der Waals surface area contributed by atoms with Crippen molar-refractivity contribution in [2.75, 3.05) is 0 Å². The lowest BCUT2D eigenvalue weighted by atomic mass is 10.1. The number of carbonyl (C=O) groups is 1. The molecule has 1 amide bonds. The largest absolute Gasteiger partial charge is 0.352 e. The van der Waals surface area contributed by atoms with Crippen molar-refractivity contribution < 1.29 is 9.18 Å². The summed E-state index contributed by atoms with van der Waals surface area (Å²) in [6.45, 7) is 0.398. The van der Waals surface area contributed by atoms with E-state index < -0.39 is 0 Å². The second-order valence-electron chi connectivity index (χ2n) is 5.35. The summed E-state index contributed by atoms with van der Waals surface area (Å²) in [5.74, 6) is -0.423. The highest BCUT2D eigenvalue weighted by molar-refractivity contribution is 5.78. The molecule has 0 aliphatic heterocycles. The SMILES string of the molecule is O=C(Cc1ccc(F)cc1)NCc1ccc(-c2ccccn2)nc1. The number of rotatable bonds is 5. The second-order valence-corrected chi connectivity index (χ2v) is 5.35. The van der Waals surface area contributed by atoms with E-state index in [1.165, 1.54) is 12.1 Å². The van der Waals surface area contributed by atoms with Gasteiger partial charge in [-0.1, -0.05) is 24.3 Å². The molecule has 1 aromatic carbocycles. The van der Waals surface area contributed by atoms with Crippen LogP contribution in [0.25, 0.3) is 11.4 Å². The van der Waals surface area contributed by atoms with Crippen LogP contribution in [-0.4, -0.2) is 15.9 Å². The number of halogens is 1.